The zero-order valence-electron chi connectivity index (χ0n) is 16.3. The van der Waals surface area contributed by atoms with Gasteiger partial charge in [-0.25, -0.2) is 4.79 Å². The molecule has 0 radical (unpaired) electrons. The maximum atomic E-state index is 12.3. The Hall–Kier alpha value is -2.48. The summed E-state index contributed by atoms with van der Waals surface area (Å²) >= 11 is 6.03. The van der Waals surface area contributed by atoms with Gasteiger partial charge in [0.2, 0.25) is 11.8 Å². The van der Waals surface area contributed by atoms with E-state index in [1.54, 1.807) is 18.2 Å². The molecule has 2 rings (SSSR count). The second-order valence-electron chi connectivity index (χ2n) is 6.93. The Morgan fingerprint density at radius 3 is 2.71 bits per heavy atom. The molecule has 154 valence electrons. The van der Waals surface area contributed by atoms with Crippen LogP contribution in [0.2, 0.25) is 5.02 Å². The molecule has 1 aromatic rings. The summed E-state index contributed by atoms with van der Waals surface area (Å²) in [5.74, 6) is -0.408. The Labute approximate surface area is 169 Å². The minimum atomic E-state index is -0.734. The molecule has 0 spiro atoms. The van der Waals surface area contributed by atoms with Crippen molar-refractivity contribution in [3.8, 4) is 5.75 Å². The van der Waals surface area contributed by atoms with Crippen LogP contribution in [0.15, 0.2) is 18.2 Å². The number of methoxy groups -OCH3 is 1. The van der Waals surface area contributed by atoms with Gasteiger partial charge in [0, 0.05) is 5.02 Å². The zero-order chi connectivity index (χ0) is 20.7. The quantitative estimate of drug-likeness (QED) is 0.627. The predicted octanol–water partition coefficient (Wildman–Crippen LogP) is 1.36. The molecule has 0 saturated carbocycles. The van der Waals surface area contributed by atoms with Crippen molar-refractivity contribution in [1.82, 2.24) is 10.6 Å². The van der Waals surface area contributed by atoms with Gasteiger partial charge in [-0.2, -0.15) is 0 Å². The molecule has 1 aromatic carbocycles. The number of nitrogens with zero attached hydrogens (tertiary/aromatic N) is 1. The average molecular weight is 412 g/mol. The monoisotopic (exact) mass is 411 g/mol. The number of hydrogen-bond acceptors (Lipinski definition) is 6. The number of halogens is 1. The molecule has 2 N–H and O–H groups in total. The van der Waals surface area contributed by atoms with E-state index in [2.05, 4.69) is 10.6 Å². The summed E-state index contributed by atoms with van der Waals surface area (Å²) in [5.41, 5.74) is 0.737. The third-order valence-corrected chi connectivity index (χ3v) is 4.42. The molecule has 1 aliphatic heterocycles. The summed E-state index contributed by atoms with van der Waals surface area (Å²) < 4.78 is 10.3. The average Bonchev–Trinajstić information content (AvgIpc) is 2.65. The predicted molar refractivity (Wildman–Crippen MR) is 106 cm³/mol. The number of amides is 2. The Bertz CT molecular complexity index is 726. The lowest BCUT2D eigenvalue weighted by Gasteiger charge is -2.30. The Balaban J connectivity index is 1.86. The largest absolute Gasteiger partial charge is 0.490 e. The smallest absolute Gasteiger partial charge is 0.328 e. The van der Waals surface area contributed by atoms with E-state index in [1.807, 2.05) is 18.7 Å². The van der Waals surface area contributed by atoms with E-state index in [0.717, 1.165) is 5.69 Å². The van der Waals surface area contributed by atoms with Crippen LogP contribution in [-0.4, -0.2) is 57.2 Å². The second kappa shape index (κ2) is 10.2. The Kier molecular flexibility index (Phi) is 7.92. The van der Waals surface area contributed by atoms with Gasteiger partial charge < -0.3 is 25.0 Å². The molecule has 1 atom stereocenters. The number of nitrogens with one attached hydrogen (secondary N) is 2. The summed E-state index contributed by atoms with van der Waals surface area (Å²) in [6.45, 7) is 4.71. The molecule has 0 bridgehead atoms. The number of esters is 1. The van der Waals surface area contributed by atoms with Gasteiger partial charge in [-0.05, 0) is 30.5 Å². The van der Waals surface area contributed by atoms with Crippen LogP contribution in [0.5, 0.6) is 5.75 Å². The Morgan fingerprint density at radius 2 is 2.04 bits per heavy atom. The molecular weight excluding hydrogens is 386 g/mol. The molecular formula is C19H26ClN3O5. The minimum Gasteiger partial charge on any atom is -0.490 e. The normalized spacial score (nSPS) is 14.0. The first-order chi connectivity index (χ1) is 13.3. The van der Waals surface area contributed by atoms with Crippen LogP contribution in [0.4, 0.5) is 5.69 Å². The highest BCUT2D eigenvalue weighted by Gasteiger charge is 2.24. The number of benzene rings is 1. The highest BCUT2D eigenvalue weighted by atomic mass is 35.5. The molecule has 0 fully saturated rings. The van der Waals surface area contributed by atoms with Gasteiger partial charge in [-0.15, -0.1) is 0 Å². The number of carbonyl (C=O) groups excluding carboxylic acids is 3. The van der Waals surface area contributed by atoms with E-state index in [-0.39, 0.29) is 24.9 Å². The molecule has 0 unspecified atom stereocenters. The Morgan fingerprint density at radius 1 is 1.29 bits per heavy atom. The lowest BCUT2D eigenvalue weighted by Crippen LogP contribution is -2.48. The van der Waals surface area contributed by atoms with Gasteiger partial charge in [0.1, 0.15) is 18.4 Å². The number of anilines is 1. The summed E-state index contributed by atoms with van der Waals surface area (Å²) in [5, 5.41) is 5.72. The molecule has 1 heterocycles. The fraction of sp³-hybridized carbons (Fsp3) is 0.526. The van der Waals surface area contributed by atoms with E-state index in [0.29, 0.717) is 30.3 Å². The number of rotatable bonds is 8. The van der Waals surface area contributed by atoms with Crippen molar-refractivity contribution in [2.24, 2.45) is 5.92 Å². The third kappa shape index (κ3) is 6.30. The molecule has 0 aromatic heterocycles. The first kappa shape index (κ1) is 21.8. The van der Waals surface area contributed by atoms with E-state index in [9.17, 15) is 14.4 Å². The van der Waals surface area contributed by atoms with Crippen molar-refractivity contribution in [1.29, 1.82) is 0 Å². The van der Waals surface area contributed by atoms with Crippen LogP contribution in [0.1, 0.15) is 20.3 Å². The van der Waals surface area contributed by atoms with E-state index < -0.39 is 17.9 Å². The summed E-state index contributed by atoms with van der Waals surface area (Å²) in [7, 11) is 1.27. The third-order valence-electron chi connectivity index (χ3n) is 4.19. The topological polar surface area (TPSA) is 97.0 Å². The maximum absolute atomic E-state index is 12.3. The standard InChI is InChI=1S/C19H26ClN3O5/c1-12(2)8-14(19(26)27-3)22-17(24)10-21-18(25)11-23-6-7-28-16-5-4-13(20)9-15(16)23/h4-5,9,12,14H,6-8,10-11H2,1-3H3,(H,21,25)(H,22,24)/t14-/m0/s1. The van der Waals surface area contributed by atoms with Gasteiger partial charge in [0.05, 0.1) is 32.4 Å². The number of carbonyl (C=O) groups is 3. The van der Waals surface area contributed by atoms with Crippen LogP contribution >= 0.6 is 11.6 Å². The molecule has 2 amide bonds. The first-order valence-electron chi connectivity index (χ1n) is 9.11. The SMILES string of the molecule is COC(=O)[C@H](CC(C)C)NC(=O)CNC(=O)CN1CCOc2ccc(Cl)cc21. The van der Waals surface area contributed by atoms with Crippen LogP contribution < -0.4 is 20.3 Å². The summed E-state index contributed by atoms with van der Waals surface area (Å²) in [4.78, 5) is 38.0. The minimum absolute atomic E-state index is 0.0659. The van der Waals surface area contributed by atoms with Crippen LogP contribution in [0.3, 0.4) is 0 Å². The van der Waals surface area contributed by atoms with Crippen molar-refractivity contribution in [2.75, 3.05) is 38.3 Å². The molecule has 0 saturated heterocycles. The van der Waals surface area contributed by atoms with Crippen molar-refractivity contribution in [2.45, 2.75) is 26.3 Å². The molecule has 0 aliphatic carbocycles. The molecule has 1 aliphatic rings. The lowest BCUT2D eigenvalue weighted by molar-refractivity contribution is -0.145. The fourth-order valence-electron chi connectivity index (χ4n) is 2.89. The van der Waals surface area contributed by atoms with E-state index >= 15 is 0 Å². The number of ether oxygens (including phenoxy) is 2. The highest BCUT2D eigenvalue weighted by Crippen LogP contribution is 2.33. The number of hydrogen-bond donors (Lipinski definition) is 2. The van der Waals surface area contributed by atoms with Crippen LogP contribution in [-0.2, 0) is 19.1 Å². The van der Waals surface area contributed by atoms with Gasteiger partial charge in [-0.1, -0.05) is 25.4 Å². The fourth-order valence-corrected chi connectivity index (χ4v) is 3.06. The van der Waals surface area contributed by atoms with E-state index in [4.69, 9.17) is 21.1 Å². The first-order valence-corrected chi connectivity index (χ1v) is 9.49. The molecule has 28 heavy (non-hydrogen) atoms. The summed E-state index contributed by atoms with van der Waals surface area (Å²) in [6.07, 6.45) is 0.456. The van der Waals surface area contributed by atoms with E-state index in [1.165, 1.54) is 7.11 Å². The maximum Gasteiger partial charge on any atom is 0.328 e. The van der Waals surface area contributed by atoms with Crippen molar-refractivity contribution in [3.63, 3.8) is 0 Å². The molecule has 9 heteroatoms. The zero-order valence-corrected chi connectivity index (χ0v) is 17.0. The highest BCUT2D eigenvalue weighted by molar-refractivity contribution is 6.31. The van der Waals surface area contributed by atoms with Crippen molar-refractivity contribution >= 4 is 35.1 Å². The lowest BCUT2D eigenvalue weighted by atomic mass is 10.0. The van der Waals surface area contributed by atoms with Crippen LogP contribution in [0, 0.1) is 5.92 Å². The van der Waals surface area contributed by atoms with Crippen molar-refractivity contribution in [3.05, 3.63) is 23.2 Å². The summed E-state index contributed by atoms with van der Waals surface area (Å²) in [6, 6.07) is 4.49. The second-order valence-corrected chi connectivity index (χ2v) is 7.37. The van der Waals surface area contributed by atoms with Gasteiger partial charge in [0.15, 0.2) is 0 Å². The number of fused-ring (bicyclic) bond motifs is 1. The van der Waals surface area contributed by atoms with Gasteiger partial charge >= 0.3 is 5.97 Å². The molecule has 8 nitrogen and oxygen atoms in total. The van der Waals surface area contributed by atoms with Crippen molar-refractivity contribution < 1.29 is 23.9 Å². The van der Waals surface area contributed by atoms with Gasteiger partial charge in [0.25, 0.3) is 0 Å². The van der Waals surface area contributed by atoms with Gasteiger partial charge in [-0.3, -0.25) is 9.59 Å². The van der Waals surface area contributed by atoms with Crippen LogP contribution in [0.25, 0.3) is 0 Å².